The largest absolute Gasteiger partial charge is 0.467 e. The van der Waals surface area contributed by atoms with Gasteiger partial charge in [-0.05, 0) is 54.6 Å². The molecule has 0 unspecified atom stereocenters. The molecule has 0 aliphatic rings. The van der Waals surface area contributed by atoms with Crippen molar-refractivity contribution in [1.82, 2.24) is 4.98 Å². The van der Waals surface area contributed by atoms with E-state index in [2.05, 4.69) is 26.0 Å². The minimum absolute atomic E-state index is 0.0253. The zero-order valence-electron chi connectivity index (χ0n) is 14.6. The van der Waals surface area contributed by atoms with Gasteiger partial charge < -0.3 is 4.42 Å². The summed E-state index contributed by atoms with van der Waals surface area (Å²) in [6.07, 6.45) is 2.00. The number of thiazole rings is 1. The molecule has 0 fully saturated rings. The fraction of sp³-hybridized carbons (Fsp3) is 0.200. The molecule has 4 aromatic rings. The number of benzene rings is 1. The van der Waals surface area contributed by atoms with E-state index in [0.717, 1.165) is 26.4 Å². The summed E-state index contributed by atoms with van der Waals surface area (Å²) < 4.78 is 6.58. The SMILES string of the molecule is Cc1cc(C)c2nc(N(Cc3ccco3)C(=O)Cc3cccs3)sc2c1. The second-order valence-electron chi connectivity index (χ2n) is 6.24. The maximum Gasteiger partial charge on any atom is 0.234 e. The summed E-state index contributed by atoms with van der Waals surface area (Å²) in [4.78, 5) is 20.6. The summed E-state index contributed by atoms with van der Waals surface area (Å²) in [6.45, 7) is 4.52. The van der Waals surface area contributed by atoms with Gasteiger partial charge in [0.15, 0.2) is 5.13 Å². The van der Waals surface area contributed by atoms with E-state index >= 15 is 0 Å². The van der Waals surface area contributed by atoms with E-state index in [1.54, 1.807) is 33.8 Å². The topological polar surface area (TPSA) is 46.3 Å². The number of aromatic nitrogens is 1. The molecular weight excluding hydrogens is 364 g/mol. The van der Waals surface area contributed by atoms with Crippen LogP contribution < -0.4 is 4.90 Å². The Hall–Kier alpha value is -2.44. The normalized spacial score (nSPS) is 11.2. The Bertz CT molecular complexity index is 1030. The van der Waals surface area contributed by atoms with Gasteiger partial charge in [-0.2, -0.15) is 0 Å². The maximum atomic E-state index is 13.0. The predicted molar refractivity (Wildman–Crippen MR) is 107 cm³/mol. The Morgan fingerprint density at radius 3 is 2.85 bits per heavy atom. The van der Waals surface area contributed by atoms with E-state index < -0.39 is 0 Å². The summed E-state index contributed by atoms with van der Waals surface area (Å²) in [6, 6.07) is 11.9. The summed E-state index contributed by atoms with van der Waals surface area (Å²) in [5.74, 6) is 0.772. The Labute approximate surface area is 159 Å². The van der Waals surface area contributed by atoms with E-state index in [1.807, 2.05) is 29.6 Å². The monoisotopic (exact) mass is 382 g/mol. The van der Waals surface area contributed by atoms with Gasteiger partial charge in [-0.25, -0.2) is 4.98 Å². The molecule has 1 aromatic carbocycles. The van der Waals surface area contributed by atoms with Gasteiger partial charge in [0.2, 0.25) is 5.91 Å². The quantitative estimate of drug-likeness (QED) is 0.468. The predicted octanol–water partition coefficient (Wildman–Crippen LogP) is 5.34. The van der Waals surface area contributed by atoms with E-state index in [4.69, 9.17) is 9.40 Å². The Morgan fingerprint density at radius 1 is 1.23 bits per heavy atom. The highest BCUT2D eigenvalue weighted by atomic mass is 32.1. The van der Waals surface area contributed by atoms with Crippen LogP contribution in [0.4, 0.5) is 5.13 Å². The highest BCUT2D eigenvalue weighted by Crippen LogP contribution is 2.33. The fourth-order valence-corrected chi connectivity index (χ4v) is 4.81. The van der Waals surface area contributed by atoms with Crippen LogP contribution in [0.5, 0.6) is 0 Å². The maximum absolute atomic E-state index is 13.0. The van der Waals surface area contributed by atoms with Crippen molar-refractivity contribution in [3.05, 3.63) is 69.8 Å². The molecule has 0 saturated carbocycles. The molecule has 0 spiro atoms. The lowest BCUT2D eigenvalue weighted by atomic mass is 10.1. The highest BCUT2D eigenvalue weighted by molar-refractivity contribution is 7.22. The average molecular weight is 383 g/mol. The van der Waals surface area contributed by atoms with Crippen molar-refractivity contribution in [2.24, 2.45) is 0 Å². The van der Waals surface area contributed by atoms with Crippen molar-refractivity contribution in [3.63, 3.8) is 0 Å². The molecule has 132 valence electrons. The number of rotatable bonds is 5. The Kier molecular flexibility index (Phi) is 4.61. The standard InChI is InChI=1S/C20H18N2O2S2/c1-13-9-14(2)19-17(10-13)26-20(21-19)22(12-15-5-3-7-24-15)18(23)11-16-6-4-8-25-16/h3-10H,11-12H2,1-2H3. The van der Waals surface area contributed by atoms with Crippen LogP contribution in [0, 0.1) is 13.8 Å². The van der Waals surface area contributed by atoms with Crippen LogP contribution >= 0.6 is 22.7 Å². The fourth-order valence-electron chi connectivity index (χ4n) is 2.95. The van der Waals surface area contributed by atoms with E-state index in [1.165, 1.54) is 5.56 Å². The zero-order chi connectivity index (χ0) is 18.1. The first-order chi connectivity index (χ1) is 12.6. The van der Waals surface area contributed by atoms with Crippen LogP contribution in [0.15, 0.2) is 52.5 Å². The number of fused-ring (bicyclic) bond motifs is 1. The first-order valence-electron chi connectivity index (χ1n) is 8.33. The molecule has 26 heavy (non-hydrogen) atoms. The van der Waals surface area contributed by atoms with Gasteiger partial charge >= 0.3 is 0 Å². The molecule has 0 aliphatic carbocycles. The number of carbonyl (C=O) groups is 1. The lowest BCUT2D eigenvalue weighted by Gasteiger charge is -2.18. The van der Waals surface area contributed by atoms with Crippen molar-refractivity contribution >= 4 is 43.9 Å². The molecule has 0 saturated heterocycles. The summed E-state index contributed by atoms with van der Waals surface area (Å²) in [7, 11) is 0. The minimum atomic E-state index is 0.0253. The van der Waals surface area contributed by atoms with Crippen molar-refractivity contribution in [1.29, 1.82) is 0 Å². The van der Waals surface area contributed by atoms with Gasteiger partial charge in [0.05, 0.1) is 29.4 Å². The number of aryl methyl sites for hydroxylation is 2. The molecule has 0 bridgehead atoms. The van der Waals surface area contributed by atoms with Gasteiger partial charge in [0.1, 0.15) is 5.76 Å². The van der Waals surface area contributed by atoms with E-state index in [-0.39, 0.29) is 5.91 Å². The van der Waals surface area contributed by atoms with Gasteiger partial charge in [-0.3, -0.25) is 9.69 Å². The number of amides is 1. The van der Waals surface area contributed by atoms with Gasteiger partial charge in [-0.1, -0.05) is 23.5 Å². The molecule has 3 heterocycles. The van der Waals surface area contributed by atoms with Gasteiger partial charge in [-0.15, -0.1) is 11.3 Å². The first kappa shape index (κ1) is 17.0. The molecule has 6 heteroatoms. The van der Waals surface area contributed by atoms with Crippen LogP contribution in [0.2, 0.25) is 0 Å². The zero-order valence-corrected chi connectivity index (χ0v) is 16.2. The van der Waals surface area contributed by atoms with Crippen molar-refractivity contribution in [2.45, 2.75) is 26.8 Å². The number of thiophene rings is 1. The third-order valence-corrected chi connectivity index (χ3v) is 6.05. The number of hydrogen-bond acceptors (Lipinski definition) is 5. The lowest BCUT2D eigenvalue weighted by Crippen LogP contribution is -2.31. The van der Waals surface area contributed by atoms with Crippen LogP contribution in [0.25, 0.3) is 10.2 Å². The Morgan fingerprint density at radius 2 is 2.12 bits per heavy atom. The molecule has 1 amide bonds. The first-order valence-corrected chi connectivity index (χ1v) is 10.0. The molecule has 4 rings (SSSR count). The number of furan rings is 1. The van der Waals surface area contributed by atoms with Crippen LogP contribution in [-0.4, -0.2) is 10.9 Å². The molecule has 4 nitrogen and oxygen atoms in total. The summed E-state index contributed by atoms with van der Waals surface area (Å²) in [5.41, 5.74) is 3.29. The number of hydrogen-bond donors (Lipinski definition) is 0. The summed E-state index contributed by atoms with van der Waals surface area (Å²) in [5, 5.41) is 2.70. The van der Waals surface area contributed by atoms with Crippen LogP contribution in [0.1, 0.15) is 21.8 Å². The van der Waals surface area contributed by atoms with Crippen LogP contribution in [-0.2, 0) is 17.8 Å². The van der Waals surface area contributed by atoms with E-state index in [0.29, 0.717) is 18.1 Å². The van der Waals surface area contributed by atoms with E-state index in [9.17, 15) is 4.79 Å². The average Bonchev–Trinajstić information content (AvgIpc) is 3.33. The smallest absolute Gasteiger partial charge is 0.234 e. The molecule has 0 atom stereocenters. The molecule has 0 radical (unpaired) electrons. The molecule has 0 N–H and O–H groups in total. The highest BCUT2D eigenvalue weighted by Gasteiger charge is 2.22. The molecular formula is C20H18N2O2S2. The van der Waals surface area contributed by atoms with Crippen molar-refractivity contribution < 1.29 is 9.21 Å². The Balaban J connectivity index is 1.72. The van der Waals surface area contributed by atoms with Gasteiger partial charge in [0.25, 0.3) is 0 Å². The van der Waals surface area contributed by atoms with Gasteiger partial charge in [0, 0.05) is 4.88 Å². The van der Waals surface area contributed by atoms with Crippen LogP contribution in [0.3, 0.4) is 0 Å². The van der Waals surface area contributed by atoms with Crippen molar-refractivity contribution in [2.75, 3.05) is 4.90 Å². The number of carbonyl (C=O) groups excluding carboxylic acids is 1. The lowest BCUT2D eigenvalue weighted by molar-refractivity contribution is -0.118. The second-order valence-corrected chi connectivity index (χ2v) is 8.28. The minimum Gasteiger partial charge on any atom is -0.467 e. The molecule has 3 aromatic heterocycles. The third kappa shape index (κ3) is 3.43. The summed E-state index contributed by atoms with van der Waals surface area (Å²) >= 11 is 3.15. The number of anilines is 1. The molecule has 0 aliphatic heterocycles. The second kappa shape index (κ2) is 7.05. The van der Waals surface area contributed by atoms with Crippen molar-refractivity contribution in [3.8, 4) is 0 Å². The third-order valence-electron chi connectivity index (χ3n) is 4.15. The number of nitrogens with zero attached hydrogens (tertiary/aromatic N) is 2.